The Morgan fingerprint density at radius 3 is 2.56 bits per heavy atom. The molecule has 9 nitrogen and oxygen atoms in total. The lowest BCUT2D eigenvalue weighted by molar-refractivity contribution is -0.141. The summed E-state index contributed by atoms with van der Waals surface area (Å²) in [6.45, 7) is 2.99. The van der Waals surface area contributed by atoms with Crippen LogP contribution in [0.1, 0.15) is 48.1 Å². The van der Waals surface area contributed by atoms with Crippen molar-refractivity contribution in [3.8, 4) is 6.07 Å². The molecule has 1 saturated carbocycles. The number of amides is 3. The van der Waals surface area contributed by atoms with Crippen LogP contribution in [0.2, 0.25) is 0 Å². The molecule has 32 heavy (non-hydrogen) atoms. The van der Waals surface area contributed by atoms with Crippen molar-refractivity contribution in [2.45, 2.75) is 62.4 Å². The summed E-state index contributed by atoms with van der Waals surface area (Å²) in [7, 11) is 0. The van der Waals surface area contributed by atoms with Gasteiger partial charge in [-0.2, -0.15) is 5.26 Å². The van der Waals surface area contributed by atoms with E-state index in [0.29, 0.717) is 24.6 Å². The number of benzene rings is 1. The summed E-state index contributed by atoms with van der Waals surface area (Å²) in [6.07, 6.45) is 2.44. The average Bonchev–Trinajstić information content (AvgIpc) is 3.11. The molecule has 3 amide bonds. The lowest BCUT2D eigenvalue weighted by Crippen LogP contribution is -2.57. The van der Waals surface area contributed by atoms with Crippen LogP contribution in [0, 0.1) is 17.2 Å². The van der Waals surface area contributed by atoms with Gasteiger partial charge in [-0.1, -0.05) is 12.1 Å². The minimum atomic E-state index is -0.732. The Kier molecular flexibility index (Phi) is 4.95. The van der Waals surface area contributed by atoms with E-state index in [2.05, 4.69) is 6.07 Å². The summed E-state index contributed by atoms with van der Waals surface area (Å²) in [6, 6.07) is 8.01. The molecule has 0 radical (unpaired) electrons. The molecule has 7 atom stereocenters. The van der Waals surface area contributed by atoms with Crippen molar-refractivity contribution >= 4 is 17.7 Å². The van der Waals surface area contributed by atoms with Crippen LogP contribution in [-0.4, -0.2) is 75.7 Å². The van der Waals surface area contributed by atoms with Crippen LogP contribution >= 0.6 is 0 Å². The zero-order valence-corrected chi connectivity index (χ0v) is 18.1. The number of piperidine rings is 1. The van der Waals surface area contributed by atoms with Crippen LogP contribution in [0.15, 0.2) is 24.3 Å². The van der Waals surface area contributed by atoms with E-state index in [9.17, 15) is 19.6 Å². The monoisotopic (exact) mass is 436 g/mol. The summed E-state index contributed by atoms with van der Waals surface area (Å²) in [4.78, 5) is 43.0. The number of nitrogens with zero attached hydrogens (tertiary/aromatic N) is 4. The lowest BCUT2D eigenvalue weighted by Gasteiger charge is -2.38. The Balaban J connectivity index is 1.22. The van der Waals surface area contributed by atoms with Gasteiger partial charge in [0.05, 0.1) is 24.2 Å². The van der Waals surface area contributed by atoms with Crippen LogP contribution in [0.5, 0.6) is 0 Å². The highest BCUT2D eigenvalue weighted by Gasteiger charge is 2.56. The van der Waals surface area contributed by atoms with Crippen molar-refractivity contribution in [3.63, 3.8) is 0 Å². The summed E-state index contributed by atoms with van der Waals surface area (Å²) in [5, 5.41) is 9.36. The van der Waals surface area contributed by atoms with E-state index >= 15 is 0 Å². The van der Waals surface area contributed by atoms with Crippen molar-refractivity contribution in [2.24, 2.45) is 17.4 Å². The zero-order valence-electron chi connectivity index (χ0n) is 18.1. The van der Waals surface area contributed by atoms with E-state index in [-0.39, 0.29) is 42.0 Å². The highest BCUT2D eigenvalue weighted by Crippen LogP contribution is 2.48. The number of likely N-dealkylation sites (tertiary alicyclic amines) is 3. The Labute approximate surface area is 186 Å². The average molecular weight is 437 g/mol. The number of carbonyl (C=O) groups excluding carboxylic acids is 3. The van der Waals surface area contributed by atoms with Crippen LogP contribution in [-0.2, 0) is 9.59 Å². The molecule has 1 aromatic rings. The highest BCUT2D eigenvalue weighted by atomic mass is 16.2. The van der Waals surface area contributed by atoms with Crippen LogP contribution in [0.3, 0.4) is 0 Å². The standard InChI is InChI=1S/C23H28N6O3/c1-12(13-2-4-14(5-3-13)21(26)30)28-17-8-20(23(28)32)27(10-17)11-18(25)22(31)29-16(9-24)6-15-7-19(15)29/h2-5,12,15-20H,6-8,10-11,25H2,1H3,(H2,26,30)/t12-,15-,16+,17?,18+,19+,20+/m1/s1. The first-order valence-corrected chi connectivity index (χ1v) is 11.2. The third-order valence-electron chi connectivity index (χ3n) is 7.67. The van der Waals surface area contributed by atoms with Crippen molar-refractivity contribution in [1.82, 2.24) is 14.7 Å². The summed E-state index contributed by atoms with van der Waals surface area (Å²) < 4.78 is 0. The maximum atomic E-state index is 13.2. The molecule has 3 saturated heterocycles. The molecule has 0 spiro atoms. The molecule has 9 heteroatoms. The number of nitriles is 1. The molecule has 3 aliphatic heterocycles. The van der Waals surface area contributed by atoms with Crippen LogP contribution < -0.4 is 11.5 Å². The number of hydrogen-bond acceptors (Lipinski definition) is 6. The molecule has 4 N–H and O–H groups in total. The third kappa shape index (κ3) is 3.26. The zero-order chi connectivity index (χ0) is 22.7. The maximum absolute atomic E-state index is 13.2. The van der Waals surface area contributed by atoms with Gasteiger partial charge in [0, 0.05) is 30.7 Å². The van der Waals surface area contributed by atoms with E-state index in [0.717, 1.165) is 24.8 Å². The van der Waals surface area contributed by atoms with Crippen molar-refractivity contribution in [3.05, 3.63) is 35.4 Å². The van der Waals surface area contributed by atoms with Crippen molar-refractivity contribution in [1.29, 1.82) is 5.26 Å². The Morgan fingerprint density at radius 2 is 1.94 bits per heavy atom. The quantitative estimate of drug-likeness (QED) is 0.643. The predicted molar refractivity (Wildman–Crippen MR) is 115 cm³/mol. The number of hydrogen-bond donors (Lipinski definition) is 2. The fourth-order valence-corrected chi connectivity index (χ4v) is 5.90. The van der Waals surface area contributed by atoms with Gasteiger partial charge in [-0.15, -0.1) is 0 Å². The Hall–Kier alpha value is -2.96. The van der Waals surface area contributed by atoms with Gasteiger partial charge in [-0.25, -0.2) is 0 Å². The van der Waals surface area contributed by atoms with E-state index < -0.39 is 11.9 Å². The Morgan fingerprint density at radius 1 is 1.22 bits per heavy atom. The molecule has 1 aromatic carbocycles. The molecule has 0 aromatic heterocycles. The van der Waals surface area contributed by atoms with Gasteiger partial charge in [0.25, 0.3) is 0 Å². The second-order valence-electron chi connectivity index (χ2n) is 9.56. The second-order valence-corrected chi connectivity index (χ2v) is 9.56. The first-order valence-electron chi connectivity index (χ1n) is 11.2. The van der Waals surface area contributed by atoms with E-state index in [4.69, 9.17) is 11.5 Å². The lowest BCUT2D eigenvalue weighted by atomic mass is 10.0. The van der Waals surface area contributed by atoms with E-state index in [1.807, 2.05) is 28.9 Å². The Bertz CT molecular complexity index is 1000. The number of primary amides is 1. The van der Waals surface area contributed by atoms with Crippen molar-refractivity contribution in [2.75, 3.05) is 13.1 Å². The van der Waals surface area contributed by atoms with E-state index in [1.165, 1.54) is 0 Å². The van der Waals surface area contributed by atoms with Gasteiger partial charge in [0.15, 0.2) is 0 Å². The molecule has 5 rings (SSSR count). The molecule has 4 fully saturated rings. The number of rotatable bonds is 6. The summed E-state index contributed by atoms with van der Waals surface area (Å²) in [5.41, 5.74) is 13.0. The van der Waals surface area contributed by atoms with Gasteiger partial charge in [-0.3, -0.25) is 19.3 Å². The highest BCUT2D eigenvalue weighted by molar-refractivity contribution is 5.92. The minimum Gasteiger partial charge on any atom is -0.366 e. The summed E-state index contributed by atoms with van der Waals surface area (Å²) >= 11 is 0. The smallest absolute Gasteiger partial charge is 0.248 e. The van der Waals surface area contributed by atoms with Gasteiger partial charge in [0.2, 0.25) is 17.7 Å². The first kappa shape index (κ1) is 20.9. The number of carbonyl (C=O) groups is 3. The van der Waals surface area contributed by atoms with Crippen molar-refractivity contribution < 1.29 is 14.4 Å². The SMILES string of the molecule is C[C@H](c1ccc(C(N)=O)cc1)N1C(=O)[C@@H]2CC1CN2C[C@H](N)C(=O)N1[C@H](C#N)C[C@@H]2C[C@@H]21. The molecule has 1 aliphatic carbocycles. The summed E-state index contributed by atoms with van der Waals surface area (Å²) in [5.74, 6) is -0.149. The van der Waals surface area contributed by atoms with Crippen LogP contribution in [0.25, 0.3) is 0 Å². The molecular weight excluding hydrogens is 408 g/mol. The van der Waals surface area contributed by atoms with Gasteiger partial charge in [0.1, 0.15) is 6.04 Å². The maximum Gasteiger partial charge on any atom is 0.248 e. The topological polar surface area (TPSA) is 137 Å². The van der Waals surface area contributed by atoms with Crippen LogP contribution in [0.4, 0.5) is 0 Å². The fraction of sp³-hybridized carbons (Fsp3) is 0.565. The largest absolute Gasteiger partial charge is 0.366 e. The molecule has 168 valence electrons. The van der Waals surface area contributed by atoms with Gasteiger partial charge < -0.3 is 21.3 Å². The molecule has 4 aliphatic rings. The predicted octanol–water partition coefficient (Wildman–Crippen LogP) is -0.0281. The third-order valence-corrected chi connectivity index (χ3v) is 7.67. The number of nitrogens with two attached hydrogens (primary N) is 2. The second kappa shape index (κ2) is 7.57. The fourth-order valence-electron chi connectivity index (χ4n) is 5.90. The molecular formula is C23H28N6O3. The number of piperazine rings is 1. The minimum absolute atomic E-state index is 0.0470. The molecule has 3 heterocycles. The first-order chi connectivity index (χ1) is 15.3. The van der Waals surface area contributed by atoms with E-state index in [1.54, 1.807) is 17.0 Å². The normalized spacial score (nSPS) is 32.5. The number of fused-ring (bicyclic) bond motifs is 3. The van der Waals surface area contributed by atoms with Gasteiger partial charge >= 0.3 is 0 Å². The molecule has 1 unspecified atom stereocenters. The van der Waals surface area contributed by atoms with Gasteiger partial charge in [-0.05, 0) is 49.8 Å². The molecule has 2 bridgehead atoms.